The van der Waals surface area contributed by atoms with E-state index in [0.29, 0.717) is 5.82 Å². The third kappa shape index (κ3) is 4.05. The maximum Gasteiger partial charge on any atom is 0.154 e. The summed E-state index contributed by atoms with van der Waals surface area (Å²) in [6.07, 6.45) is 3.99. The first-order chi connectivity index (χ1) is 12.6. The monoisotopic (exact) mass is 411 g/mol. The molecular weight excluding hydrogens is 390 g/mol. The van der Waals surface area contributed by atoms with Gasteiger partial charge in [-0.3, -0.25) is 0 Å². The lowest BCUT2D eigenvalue weighted by Gasteiger charge is -2.22. The van der Waals surface area contributed by atoms with E-state index in [9.17, 15) is 0 Å². The first-order valence-corrected chi connectivity index (χ1v) is 9.48. The van der Waals surface area contributed by atoms with Crippen molar-refractivity contribution in [1.29, 1.82) is 0 Å². The lowest BCUT2D eigenvalue weighted by molar-refractivity contribution is 0.415. The molecule has 0 aliphatic heterocycles. The summed E-state index contributed by atoms with van der Waals surface area (Å²) < 4.78 is 6.44. The largest absolute Gasteiger partial charge is 0.497 e. The standard InChI is InChI=1S/C21H22BrN3O/c1-4-25(5-2)21-18-14-17(26-3)11-12-19(18)23-20(24-21)13-8-15-6-9-16(22)10-7-15/h6-14H,4-5H2,1-3H3/b13-8-. The maximum atomic E-state index is 5.38. The van der Waals surface area contributed by atoms with Crippen molar-refractivity contribution in [3.63, 3.8) is 0 Å². The van der Waals surface area contributed by atoms with Gasteiger partial charge in [-0.2, -0.15) is 0 Å². The minimum Gasteiger partial charge on any atom is -0.497 e. The molecule has 0 aliphatic rings. The summed E-state index contributed by atoms with van der Waals surface area (Å²) in [5.74, 6) is 2.45. The van der Waals surface area contributed by atoms with E-state index >= 15 is 0 Å². The zero-order chi connectivity index (χ0) is 18.5. The third-order valence-electron chi connectivity index (χ3n) is 4.26. The van der Waals surface area contributed by atoms with Crippen LogP contribution < -0.4 is 9.64 Å². The van der Waals surface area contributed by atoms with Crippen molar-refractivity contribution in [3.8, 4) is 5.75 Å². The number of ether oxygens (including phenoxy) is 1. The highest BCUT2D eigenvalue weighted by Crippen LogP contribution is 2.28. The summed E-state index contributed by atoms with van der Waals surface area (Å²) >= 11 is 3.46. The summed E-state index contributed by atoms with van der Waals surface area (Å²) in [5, 5.41) is 1.01. The van der Waals surface area contributed by atoms with Gasteiger partial charge in [0.25, 0.3) is 0 Å². The third-order valence-corrected chi connectivity index (χ3v) is 4.79. The summed E-state index contributed by atoms with van der Waals surface area (Å²) in [4.78, 5) is 11.8. The van der Waals surface area contributed by atoms with E-state index in [-0.39, 0.29) is 0 Å². The van der Waals surface area contributed by atoms with Crippen LogP contribution in [0.4, 0.5) is 5.82 Å². The predicted molar refractivity (Wildman–Crippen MR) is 113 cm³/mol. The summed E-state index contributed by atoms with van der Waals surface area (Å²) in [5.41, 5.74) is 2.02. The second-order valence-corrected chi connectivity index (χ2v) is 6.76. The highest BCUT2D eigenvalue weighted by Gasteiger charge is 2.12. The topological polar surface area (TPSA) is 38.2 Å². The molecule has 0 unspecified atom stereocenters. The molecule has 5 heteroatoms. The van der Waals surface area contributed by atoms with Crippen LogP contribution in [0.15, 0.2) is 46.9 Å². The minimum atomic E-state index is 0.701. The number of nitrogens with zero attached hydrogens (tertiary/aromatic N) is 3. The molecule has 0 amide bonds. The van der Waals surface area contributed by atoms with E-state index in [1.54, 1.807) is 7.11 Å². The number of anilines is 1. The Bertz CT molecular complexity index is 918. The average molecular weight is 412 g/mol. The molecular formula is C21H22BrN3O. The lowest BCUT2D eigenvalue weighted by Crippen LogP contribution is -2.23. The van der Waals surface area contributed by atoms with Crippen molar-refractivity contribution in [3.05, 3.63) is 58.3 Å². The van der Waals surface area contributed by atoms with E-state index in [4.69, 9.17) is 14.7 Å². The first-order valence-electron chi connectivity index (χ1n) is 8.69. The van der Waals surface area contributed by atoms with E-state index in [0.717, 1.165) is 45.6 Å². The molecule has 0 N–H and O–H groups in total. The van der Waals surface area contributed by atoms with E-state index in [1.807, 2.05) is 42.5 Å². The van der Waals surface area contributed by atoms with Gasteiger partial charge in [-0.15, -0.1) is 0 Å². The first kappa shape index (κ1) is 18.4. The smallest absolute Gasteiger partial charge is 0.154 e. The molecule has 26 heavy (non-hydrogen) atoms. The number of aromatic nitrogens is 2. The zero-order valence-corrected chi connectivity index (χ0v) is 16.8. The number of halogens is 1. The molecule has 2 aromatic carbocycles. The molecule has 0 aliphatic carbocycles. The van der Waals surface area contributed by atoms with Crippen LogP contribution in [0.5, 0.6) is 5.75 Å². The van der Waals surface area contributed by atoms with Crippen molar-refractivity contribution in [2.45, 2.75) is 13.8 Å². The van der Waals surface area contributed by atoms with Gasteiger partial charge in [-0.25, -0.2) is 9.97 Å². The number of fused-ring (bicyclic) bond motifs is 1. The second kappa shape index (κ2) is 8.32. The SMILES string of the molecule is CCN(CC)c1nc(/C=C\c2ccc(Br)cc2)nc2ccc(OC)cc12. The molecule has 3 rings (SSSR count). The van der Waals surface area contributed by atoms with Crippen LogP contribution in [0.25, 0.3) is 23.1 Å². The minimum absolute atomic E-state index is 0.701. The fraction of sp³-hybridized carbons (Fsp3) is 0.238. The molecule has 0 radical (unpaired) electrons. The highest BCUT2D eigenvalue weighted by atomic mass is 79.9. The Kier molecular flexibility index (Phi) is 5.89. The molecule has 3 aromatic rings. The van der Waals surface area contributed by atoms with Crippen LogP contribution in [-0.4, -0.2) is 30.2 Å². The average Bonchev–Trinajstić information content (AvgIpc) is 2.68. The predicted octanol–water partition coefficient (Wildman–Crippen LogP) is 5.42. The van der Waals surface area contributed by atoms with Crippen LogP contribution >= 0.6 is 15.9 Å². The summed E-state index contributed by atoms with van der Waals surface area (Å²) in [6.45, 7) is 6.04. The van der Waals surface area contributed by atoms with Crippen LogP contribution in [0, 0.1) is 0 Å². The molecule has 1 heterocycles. The summed E-state index contributed by atoms with van der Waals surface area (Å²) in [6, 6.07) is 14.1. The van der Waals surface area contributed by atoms with Crippen molar-refractivity contribution in [2.24, 2.45) is 0 Å². The molecule has 0 atom stereocenters. The molecule has 0 fully saturated rings. The Morgan fingerprint density at radius 3 is 2.38 bits per heavy atom. The van der Waals surface area contributed by atoms with Crippen molar-refractivity contribution < 1.29 is 4.74 Å². The van der Waals surface area contributed by atoms with Crippen molar-refractivity contribution >= 4 is 44.8 Å². The van der Waals surface area contributed by atoms with Gasteiger partial charge in [-0.05, 0) is 55.8 Å². The number of hydrogen-bond acceptors (Lipinski definition) is 4. The van der Waals surface area contributed by atoms with Gasteiger partial charge in [-0.1, -0.05) is 34.1 Å². The Balaban J connectivity index is 2.07. The van der Waals surface area contributed by atoms with Crippen LogP contribution in [-0.2, 0) is 0 Å². The second-order valence-electron chi connectivity index (χ2n) is 5.85. The summed E-state index contributed by atoms with van der Waals surface area (Å²) in [7, 11) is 1.68. The fourth-order valence-electron chi connectivity index (χ4n) is 2.82. The molecule has 0 spiro atoms. The molecule has 4 nitrogen and oxygen atoms in total. The Hall–Kier alpha value is -2.40. The fourth-order valence-corrected chi connectivity index (χ4v) is 3.08. The van der Waals surface area contributed by atoms with Gasteiger partial charge in [0, 0.05) is 22.9 Å². The number of hydrogen-bond donors (Lipinski definition) is 0. The van der Waals surface area contributed by atoms with Crippen LogP contribution in [0.3, 0.4) is 0 Å². The Morgan fingerprint density at radius 1 is 1.00 bits per heavy atom. The Morgan fingerprint density at radius 2 is 1.73 bits per heavy atom. The number of rotatable bonds is 6. The van der Waals surface area contributed by atoms with Crippen LogP contribution in [0.2, 0.25) is 0 Å². The quantitative estimate of drug-likeness (QED) is 0.542. The van der Waals surface area contributed by atoms with E-state index < -0.39 is 0 Å². The highest BCUT2D eigenvalue weighted by molar-refractivity contribution is 9.10. The van der Waals surface area contributed by atoms with E-state index in [1.165, 1.54) is 0 Å². The van der Waals surface area contributed by atoms with Gasteiger partial charge in [0.05, 0.1) is 12.6 Å². The Labute approximate surface area is 162 Å². The normalized spacial score (nSPS) is 11.2. The molecule has 0 saturated carbocycles. The zero-order valence-electron chi connectivity index (χ0n) is 15.2. The number of methoxy groups -OCH3 is 1. The maximum absolute atomic E-state index is 5.38. The van der Waals surface area contributed by atoms with Crippen molar-refractivity contribution in [1.82, 2.24) is 9.97 Å². The molecule has 1 aromatic heterocycles. The van der Waals surface area contributed by atoms with Gasteiger partial charge >= 0.3 is 0 Å². The van der Waals surface area contributed by atoms with Gasteiger partial charge in [0.2, 0.25) is 0 Å². The number of benzene rings is 2. The van der Waals surface area contributed by atoms with Gasteiger partial charge < -0.3 is 9.64 Å². The van der Waals surface area contributed by atoms with Gasteiger partial charge in [0.15, 0.2) is 5.82 Å². The van der Waals surface area contributed by atoms with E-state index in [2.05, 4.69) is 46.8 Å². The molecule has 134 valence electrons. The lowest BCUT2D eigenvalue weighted by atomic mass is 10.2. The van der Waals surface area contributed by atoms with Gasteiger partial charge in [0.1, 0.15) is 11.6 Å². The molecule has 0 saturated heterocycles. The van der Waals surface area contributed by atoms with Crippen LogP contribution in [0.1, 0.15) is 25.2 Å². The molecule has 0 bridgehead atoms. The van der Waals surface area contributed by atoms with Crippen molar-refractivity contribution in [2.75, 3.05) is 25.1 Å².